The average Bonchev–Trinajstić information content (AvgIpc) is 2.97. The molecule has 5 nitrogen and oxygen atoms in total. The van der Waals surface area contributed by atoms with E-state index in [2.05, 4.69) is 21.2 Å². The van der Waals surface area contributed by atoms with E-state index < -0.39 is 11.9 Å². The molecule has 1 aromatic carbocycles. The predicted octanol–water partition coefficient (Wildman–Crippen LogP) is 3.14. The fraction of sp³-hybridized carbons (Fsp3) is 0.500. The van der Waals surface area contributed by atoms with Crippen LogP contribution in [-0.2, 0) is 9.59 Å². The van der Waals surface area contributed by atoms with Crippen molar-refractivity contribution in [1.82, 2.24) is 5.32 Å². The maximum absolute atomic E-state index is 12.3. The van der Waals surface area contributed by atoms with Crippen molar-refractivity contribution in [3.05, 3.63) is 28.2 Å². The number of carboxylic acid groups (broad SMARTS) is 1. The zero-order valence-corrected chi connectivity index (χ0v) is 14.2. The minimum atomic E-state index is -0.807. The minimum Gasteiger partial charge on any atom is -0.496 e. The molecule has 0 saturated heterocycles. The van der Waals surface area contributed by atoms with Gasteiger partial charge in [0.25, 0.3) is 0 Å². The van der Waals surface area contributed by atoms with Gasteiger partial charge in [-0.3, -0.25) is 9.59 Å². The monoisotopic (exact) mass is 369 g/mol. The summed E-state index contributed by atoms with van der Waals surface area (Å²) in [6, 6.07) is 5.46. The van der Waals surface area contributed by atoms with E-state index in [1.54, 1.807) is 7.11 Å². The van der Waals surface area contributed by atoms with Crippen molar-refractivity contribution in [1.29, 1.82) is 0 Å². The molecule has 0 aromatic heterocycles. The van der Waals surface area contributed by atoms with Gasteiger partial charge in [-0.05, 0) is 38.3 Å². The molecular weight excluding hydrogens is 350 g/mol. The zero-order chi connectivity index (χ0) is 16.3. The van der Waals surface area contributed by atoms with Crippen LogP contribution in [0.2, 0.25) is 0 Å². The molecule has 1 aliphatic rings. The van der Waals surface area contributed by atoms with Gasteiger partial charge in [-0.2, -0.15) is 0 Å². The summed E-state index contributed by atoms with van der Waals surface area (Å²) < 4.78 is 6.25. The first-order chi connectivity index (χ1) is 10.4. The van der Waals surface area contributed by atoms with Gasteiger partial charge in [-0.25, -0.2) is 0 Å². The molecule has 0 radical (unpaired) electrons. The Morgan fingerprint density at radius 2 is 2.05 bits per heavy atom. The molecule has 2 N–H and O–H groups in total. The molecule has 1 unspecified atom stereocenters. The predicted molar refractivity (Wildman–Crippen MR) is 85.7 cm³/mol. The van der Waals surface area contributed by atoms with Gasteiger partial charge in [0, 0.05) is 16.0 Å². The molecule has 3 atom stereocenters. The molecule has 6 heteroatoms. The Kier molecular flexibility index (Phi) is 5.45. The highest BCUT2D eigenvalue weighted by Crippen LogP contribution is 2.33. The molecule has 1 aromatic rings. The van der Waals surface area contributed by atoms with E-state index in [4.69, 9.17) is 9.84 Å². The summed E-state index contributed by atoms with van der Waals surface area (Å²) in [7, 11) is 1.59. The standard InChI is InChI=1S/C16H20BrNO4/c1-9(13-6-5-12(17)8-14(13)22-2)18-15(19)10-3-4-11(7-10)16(20)21/h5-6,8-11H,3-4,7H2,1-2H3,(H,18,19)(H,20,21)/t9?,10-,11+/m1/s1. The molecule has 0 spiro atoms. The lowest BCUT2D eigenvalue weighted by molar-refractivity contribution is -0.141. The van der Waals surface area contributed by atoms with Crippen LogP contribution in [0.15, 0.2) is 22.7 Å². The van der Waals surface area contributed by atoms with Gasteiger partial charge in [0.2, 0.25) is 5.91 Å². The molecule has 0 heterocycles. The molecular formula is C16H20BrNO4. The van der Waals surface area contributed by atoms with Crippen LogP contribution in [0.4, 0.5) is 0 Å². The SMILES string of the molecule is COc1cc(Br)ccc1C(C)NC(=O)[C@@H]1CC[C@H](C(=O)O)C1. The fourth-order valence-electron chi connectivity index (χ4n) is 2.90. The lowest BCUT2D eigenvalue weighted by Crippen LogP contribution is -2.32. The molecule has 1 fully saturated rings. The first-order valence-electron chi connectivity index (χ1n) is 7.29. The van der Waals surface area contributed by atoms with Gasteiger partial charge in [-0.1, -0.05) is 22.0 Å². The molecule has 1 aliphatic carbocycles. The number of amides is 1. The quantitative estimate of drug-likeness (QED) is 0.835. The van der Waals surface area contributed by atoms with Crippen molar-refractivity contribution in [3.63, 3.8) is 0 Å². The first-order valence-corrected chi connectivity index (χ1v) is 8.08. The van der Waals surface area contributed by atoms with Crippen LogP contribution in [0.3, 0.4) is 0 Å². The van der Waals surface area contributed by atoms with Crippen molar-refractivity contribution >= 4 is 27.8 Å². The third-order valence-electron chi connectivity index (χ3n) is 4.17. The Morgan fingerprint density at radius 3 is 2.64 bits per heavy atom. The smallest absolute Gasteiger partial charge is 0.306 e. The van der Waals surface area contributed by atoms with Crippen LogP contribution in [0.25, 0.3) is 0 Å². The number of rotatable bonds is 5. The van der Waals surface area contributed by atoms with Gasteiger partial charge >= 0.3 is 5.97 Å². The summed E-state index contributed by atoms with van der Waals surface area (Å²) in [6.07, 6.45) is 1.63. The Labute approximate surface area is 138 Å². The summed E-state index contributed by atoms with van der Waals surface area (Å²) in [5.41, 5.74) is 0.895. The van der Waals surface area contributed by atoms with Crippen LogP contribution in [0, 0.1) is 11.8 Å². The topological polar surface area (TPSA) is 75.6 Å². The number of carbonyl (C=O) groups is 2. The van der Waals surface area contributed by atoms with Gasteiger partial charge in [-0.15, -0.1) is 0 Å². The highest BCUT2D eigenvalue weighted by molar-refractivity contribution is 9.10. The molecule has 2 rings (SSSR count). The number of ether oxygens (including phenoxy) is 1. The third-order valence-corrected chi connectivity index (χ3v) is 4.67. The second-order valence-corrected chi connectivity index (χ2v) is 6.58. The van der Waals surface area contributed by atoms with Crippen molar-refractivity contribution < 1.29 is 19.4 Å². The number of benzene rings is 1. The first kappa shape index (κ1) is 16.8. The molecule has 0 bridgehead atoms. The van der Waals surface area contributed by atoms with Crippen LogP contribution in [0.1, 0.15) is 37.8 Å². The Balaban J connectivity index is 2.01. The second kappa shape index (κ2) is 7.13. The van der Waals surface area contributed by atoms with Gasteiger partial charge in [0.15, 0.2) is 0 Å². The molecule has 1 amide bonds. The number of nitrogens with one attached hydrogen (secondary N) is 1. The number of halogens is 1. The van der Waals surface area contributed by atoms with Gasteiger partial charge in [0.05, 0.1) is 19.1 Å². The fourth-order valence-corrected chi connectivity index (χ4v) is 3.24. The van der Waals surface area contributed by atoms with E-state index in [0.717, 1.165) is 10.0 Å². The zero-order valence-electron chi connectivity index (χ0n) is 12.6. The van der Waals surface area contributed by atoms with Crippen LogP contribution in [0.5, 0.6) is 5.75 Å². The molecule has 120 valence electrons. The van der Waals surface area contributed by atoms with Crippen molar-refractivity contribution in [2.24, 2.45) is 11.8 Å². The normalized spacial score (nSPS) is 22.1. The maximum Gasteiger partial charge on any atom is 0.306 e. The minimum absolute atomic E-state index is 0.0822. The van der Waals surface area contributed by atoms with E-state index >= 15 is 0 Å². The highest BCUT2D eigenvalue weighted by atomic mass is 79.9. The van der Waals surface area contributed by atoms with E-state index in [0.29, 0.717) is 25.0 Å². The number of hydrogen-bond acceptors (Lipinski definition) is 3. The highest BCUT2D eigenvalue weighted by Gasteiger charge is 2.34. The summed E-state index contributed by atoms with van der Waals surface area (Å²) in [6.45, 7) is 1.90. The summed E-state index contributed by atoms with van der Waals surface area (Å²) in [4.78, 5) is 23.3. The largest absolute Gasteiger partial charge is 0.496 e. The average molecular weight is 370 g/mol. The summed E-state index contributed by atoms with van der Waals surface area (Å²) in [5.74, 6) is -0.797. The third kappa shape index (κ3) is 3.80. The van der Waals surface area contributed by atoms with Crippen molar-refractivity contribution in [2.45, 2.75) is 32.2 Å². The molecule has 22 heavy (non-hydrogen) atoms. The Hall–Kier alpha value is -1.56. The summed E-state index contributed by atoms with van der Waals surface area (Å²) >= 11 is 3.39. The lowest BCUT2D eigenvalue weighted by Gasteiger charge is -2.19. The maximum atomic E-state index is 12.3. The number of aliphatic carboxylic acids is 1. The van der Waals surface area contributed by atoms with Crippen LogP contribution in [-0.4, -0.2) is 24.1 Å². The van der Waals surface area contributed by atoms with E-state index in [-0.39, 0.29) is 17.9 Å². The second-order valence-electron chi connectivity index (χ2n) is 5.66. The molecule has 0 aliphatic heterocycles. The van der Waals surface area contributed by atoms with Crippen molar-refractivity contribution in [3.8, 4) is 5.75 Å². The van der Waals surface area contributed by atoms with Crippen molar-refractivity contribution in [2.75, 3.05) is 7.11 Å². The van der Waals surface area contributed by atoms with Crippen LogP contribution < -0.4 is 10.1 Å². The van der Waals surface area contributed by atoms with E-state index in [1.165, 1.54) is 0 Å². The van der Waals surface area contributed by atoms with E-state index in [1.807, 2.05) is 25.1 Å². The van der Waals surface area contributed by atoms with E-state index in [9.17, 15) is 9.59 Å². The number of carbonyl (C=O) groups excluding carboxylic acids is 1. The van der Waals surface area contributed by atoms with Crippen LogP contribution >= 0.6 is 15.9 Å². The number of methoxy groups -OCH3 is 1. The molecule has 1 saturated carbocycles. The number of carboxylic acids is 1. The van der Waals surface area contributed by atoms with Gasteiger partial charge < -0.3 is 15.2 Å². The summed E-state index contributed by atoms with van der Waals surface area (Å²) in [5, 5.41) is 12.0. The van der Waals surface area contributed by atoms with Gasteiger partial charge in [0.1, 0.15) is 5.75 Å². The number of hydrogen-bond donors (Lipinski definition) is 2. The Bertz CT molecular complexity index is 575. The lowest BCUT2D eigenvalue weighted by atomic mass is 10.0. The Morgan fingerprint density at radius 1 is 1.36 bits per heavy atom.